The molecule has 4 heterocycles. The fourth-order valence-corrected chi connectivity index (χ4v) is 7.83. The summed E-state index contributed by atoms with van der Waals surface area (Å²) in [5, 5.41) is 19.8. The maximum atomic E-state index is 14.7. The van der Waals surface area contributed by atoms with Gasteiger partial charge in [-0.2, -0.15) is 0 Å². The first-order valence-corrected chi connectivity index (χ1v) is 18.8. The first-order valence-electron chi connectivity index (χ1n) is 18.8. The Hall–Kier alpha value is -6.47. The van der Waals surface area contributed by atoms with Crippen LogP contribution in [-0.2, 0) is 40.8 Å². The molecule has 7 rings (SSSR count). The van der Waals surface area contributed by atoms with E-state index in [0.29, 0.717) is 18.8 Å². The Morgan fingerprint density at radius 1 is 0.982 bits per heavy atom. The summed E-state index contributed by atoms with van der Waals surface area (Å²) >= 11 is 0. The molecular weight excluding hydrogens is 709 g/mol. The zero-order chi connectivity index (χ0) is 39.3. The summed E-state index contributed by atoms with van der Waals surface area (Å²) in [4.78, 5) is 62.9. The highest BCUT2D eigenvalue weighted by Gasteiger charge is 2.51. The molecule has 0 saturated carbocycles. The van der Waals surface area contributed by atoms with Crippen molar-refractivity contribution in [1.29, 1.82) is 0 Å². The average molecular weight is 755 g/mol. The van der Waals surface area contributed by atoms with E-state index in [1.807, 2.05) is 79.3 Å². The maximum Gasteiger partial charge on any atom is 0.320 e. The number of nitrogens with zero attached hydrogens (tertiary/aromatic N) is 6. The standard InChI is InChI=1S/C43H46N8O5/c1-4-22-49-28-40(54)50-36(23-30-14-18-33(52)19-15-30)42(55)48(27-38(50)51(49)39(53)21-16-29-10-7-6-8-11-29)25-32-12-9-13-34-35(26-47(3)41(32)34)31-17-20-37(45-24-31)46-43(56)44-5-2/h4,6-15,17-20,24,26,36,38,52H,1,5,16,21-23,25,27-28H2,2-3H3,(H2,44,45,46,56)/t36-,38-/m0/s1. The molecule has 3 N–H and O–H groups in total. The van der Waals surface area contributed by atoms with Gasteiger partial charge in [-0.3, -0.25) is 19.7 Å². The number of benzene rings is 3. The number of nitrogens with one attached hydrogen (secondary N) is 2. The Morgan fingerprint density at radius 2 is 1.77 bits per heavy atom. The number of para-hydroxylation sites is 1. The van der Waals surface area contributed by atoms with Gasteiger partial charge in [-0.05, 0) is 54.3 Å². The van der Waals surface area contributed by atoms with E-state index in [1.54, 1.807) is 62.4 Å². The smallest absolute Gasteiger partial charge is 0.320 e. The zero-order valence-corrected chi connectivity index (χ0v) is 31.6. The van der Waals surface area contributed by atoms with Crippen LogP contribution in [0.5, 0.6) is 5.75 Å². The van der Waals surface area contributed by atoms with E-state index in [0.717, 1.165) is 38.7 Å². The number of aromatic nitrogens is 2. The first kappa shape index (κ1) is 37.8. The first-order chi connectivity index (χ1) is 27.1. The van der Waals surface area contributed by atoms with Gasteiger partial charge < -0.3 is 24.8 Å². The monoisotopic (exact) mass is 754 g/mol. The number of hydrogen-bond acceptors (Lipinski definition) is 7. The molecule has 0 bridgehead atoms. The Bertz CT molecular complexity index is 2240. The average Bonchev–Trinajstić information content (AvgIpc) is 3.54. The molecule has 2 aliphatic rings. The predicted molar refractivity (Wildman–Crippen MR) is 214 cm³/mol. The molecule has 5 aromatic rings. The number of phenols is 1. The number of phenolic OH excluding ortho intramolecular Hbond substituents is 1. The summed E-state index contributed by atoms with van der Waals surface area (Å²) in [7, 11) is 1.96. The van der Waals surface area contributed by atoms with E-state index >= 15 is 0 Å². The summed E-state index contributed by atoms with van der Waals surface area (Å²) < 4.78 is 2.03. The molecular formula is C43H46N8O5. The molecule has 5 amide bonds. The number of aryl methyl sites for hydroxylation is 2. The van der Waals surface area contributed by atoms with Gasteiger partial charge in [0.25, 0.3) is 0 Å². The van der Waals surface area contributed by atoms with Crippen LogP contribution in [0.2, 0.25) is 0 Å². The molecule has 2 aliphatic heterocycles. The number of carbonyl (C=O) groups is 4. The van der Waals surface area contributed by atoms with Crippen LogP contribution in [0.1, 0.15) is 30.0 Å². The van der Waals surface area contributed by atoms with Crippen LogP contribution in [0, 0.1) is 0 Å². The molecule has 0 unspecified atom stereocenters. The molecule has 2 aromatic heterocycles. The molecule has 0 aliphatic carbocycles. The number of fused-ring (bicyclic) bond motifs is 2. The van der Waals surface area contributed by atoms with E-state index in [9.17, 15) is 24.3 Å². The van der Waals surface area contributed by atoms with Crippen LogP contribution in [-0.4, -0.2) is 96.6 Å². The second-order valence-electron chi connectivity index (χ2n) is 14.1. The van der Waals surface area contributed by atoms with Crippen molar-refractivity contribution >= 4 is 40.5 Å². The number of piperazine rings is 1. The van der Waals surface area contributed by atoms with E-state index in [4.69, 9.17) is 0 Å². The predicted octanol–water partition coefficient (Wildman–Crippen LogP) is 5.07. The van der Waals surface area contributed by atoms with Gasteiger partial charge in [0.1, 0.15) is 23.8 Å². The lowest BCUT2D eigenvalue weighted by atomic mass is 9.97. The molecule has 13 heteroatoms. The van der Waals surface area contributed by atoms with Crippen LogP contribution >= 0.6 is 0 Å². The van der Waals surface area contributed by atoms with Gasteiger partial charge in [0.2, 0.25) is 17.7 Å². The minimum Gasteiger partial charge on any atom is -0.508 e. The number of rotatable bonds is 12. The second-order valence-corrected chi connectivity index (χ2v) is 14.1. The molecule has 0 spiro atoms. The Kier molecular flexibility index (Phi) is 11.1. The van der Waals surface area contributed by atoms with E-state index in [2.05, 4.69) is 22.2 Å². The molecule has 3 aromatic carbocycles. The quantitative estimate of drug-likeness (QED) is 0.151. The van der Waals surface area contributed by atoms with Crippen molar-refractivity contribution in [3.05, 3.63) is 127 Å². The third kappa shape index (κ3) is 7.85. The van der Waals surface area contributed by atoms with Crippen molar-refractivity contribution in [1.82, 2.24) is 34.7 Å². The molecule has 2 saturated heterocycles. The maximum absolute atomic E-state index is 14.7. The molecule has 2 fully saturated rings. The van der Waals surface area contributed by atoms with Crippen molar-refractivity contribution in [2.75, 3.05) is 31.5 Å². The number of aromatic hydroxyl groups is 1. The van der Waals surface area contributed by atoms with Gasteiger partial charge in [-0.1, -0.05) is 66.7 Å². The van der Waals surface area contributed by atoms with Gasteiger partial charge in [0.15, 0.2) is 0 Å². The number of amides is 5. The highest BCUT2D eigenvalue weighted by Crippen LogP contribution is 2.35. The minimum atomic E-state index is -0.887. The Balaban J connectivity index is 1.23. The fraction of sp³-hybridized carbons (Fsp3) is 0.279. The fourth-order valence-electron chi connectivity index (χ4n) is 7.83. The second kappa shape index (κ2) is 16.5. The van der Waals surface area contributed by atoms with Gasteiger partial charge in [0, 0.05) is 68.4 Å². The summed E-state index contributed by atoms with van der Waals surface area (Å²) in [5.41, 5.74) is 5.44. The van der Waals surface area contributed by atoms with Crippen LogP contribution in [0.3, 0.4) is 0 Å². The Labute approximate surface area is 325 Å². The topological polar surface area (TPSA) is 143 Å². The summed E-state index contributed by atoms with van der Waals surface area (Å²) in [6.07, 6.45) is 5.63. The van der Waals surface area contributed by atoms with Crippen molar-refractivity contribution in [3.8, 4) is 16.9 Å². The van der Waals surface area contributed by atoms with Crippen molar-refractivity contribution in [2.45, 2.75) is 44.9 Å². The lowest BCUT2D eigenvalue weighted by molar-refractivity contribution is -0.205. The normalized spacial score (nSPS) is 17.2. The third-order valence-corrected chi connectivity index (χ3v) is 10.4. The highest BCUT2D eigenvalue weighted by molar-refractivity contribution is 5.98. The SMILES string of the molecule is C=CCN1CC(=O)N2[C@@H](Cc3ccc(O)cc3)C(=O)N(Cc3cccc4c(-c5ccc(NC(=O)NCC)nc5)cn(C)c34)C[C@@H]2N1C(=O)CCc1ccccc1. The van der Waals surface area contributed by atoms with Crippen molar-refractivity contribution < 1.29 is 24.3 Å². The third-order valence-electron chi connectivity index (χ3n) is 10.4. The molecule has 2 atom stereocenters. The minimum absolute atomic E-state index is 0.0672. The number of hydrogen-bond donors (Lipinski definition) is 3. The van der Waals surface area contributed by atoms with Crippen molar-refractivity contribution in [2.24, 2.45) is 7.05 Å². The van der Waals surface area contributed by atoms with Gasteiger partial charge in [-0.25, -0.2) is 19.8 Å². The zero-order valence-electron chi connectivity index (χ0n) is 31.6. The number of hydrazine groups is 1. The molecule has 0 radical (unpaired) electrons. The van der Waals surface area contributed by atoms with E-state index in [-0.39, 0.29) is 68.5 Å². The number of pyridine rings is 1. The summed E-state index contributed by atoms with van der Waals surface area (Å²) in [6, 6.07) is 24.9. The van der Waals surface area contributed by atoms with Crippen LogP contribution < -0.4 is 10.6 Å². The largest absolute Gasteiger partial charge is 0.508 e. The lowest BCUT2D eigenvalue weighted by Gasteiger charge is -2.55. The summed E-state index contributed by atoms with van der Waals surface area (Å²) in [5.74, 6) is -0.0742. The molecule has 13 nitrogen and oxygen atoms in total. The van der Waals surface area contributed by atoms with Gasteiger partial charge >= 0.3 is 6.03 Å². The van der Waals surface area contributed by atoms with Gasteiger partial charge in [0.05, 0.1) is 18.6 Å². The number of urea groups is 1. The van der Waals surface area contributed by atoms with Crippen LogP contribution in [0.15, 0.2) is 110 Å². The Morgan fingerprint density at radius 3 is 2.48 bits per heavy atom. The molecule has 288 valence electrons. The summed E-state index contributed by atoms with van der Waals surface area (Å²) in [6.45, 7) is 6.81. The lowest BCUT2D eigenvalue weighted by Crippen LogP contribution is -2.75. The van der Waals surface area contributed by atoms with Crippen molar-refractivity contribution in [3.63, 3.8) is 0 Å². The highest BCUT2D eigenvalue weighted by atomic mass is 16.3. The van der Waals surface area contributed by atoms with E-state index < -0.39 is 12.2 Å². The van der Waals surface area contributed by atoms with E-state index in [1.165, 1.54) is 0 Å². The number of carbonyl (C=O) groups excluding carboxylic acids is 4. The number of anilines is 1. The van der Waals surface area contributed by atoms with Gasteiger partial charge in [-0.15, -0.1) is 6.58 Å². The molecule has 56 heavy (non-hydrogen) atoms. The van der Waals surface area contributed by atoms with Crippen LogP contribution in [0.4, 0.5) is 10.6 Å². The van der Waals surface area contributed by atoms with Crippen LogP contribution in [0.25, 0.3) is 22.0 Å².